The van der Waals surface area contributed by atoms with Gasteiger partial charge >= 0.3 is 0 Å². The quantitative estimate of drug-likeness (QED) is 0.683. The third-order valence-electron chi connectivity index (χ3n) is 6.51. The van der Waals surface area contributed by atoms with Gasteiger partial charge in [-0.05, 0) is 25.0 Å². The van der Waals surface area contributed by atoms with E-state index in [0.29, 0.717) is 67.3 Å². The number of nitrogens with zero attached hydrogens (tertiary/aromatic N) is 4. The molecule has 0 aliphatic carbocycles. The second kappa shape index (κ2) is 6.80. The molecule has 2 aliphatic heterocycles. The molecule has 0 saturated carbocycles. The number of anilines is 2. The predicted octanol–water partition coefficient (Wildman–Crippen LogP) is 1.89. The van der Waals surface area contributed by atoms with Crippen molar-refractivity contribution in [3.63, 3.8) is 0 Å². The predicted molar refractivity (Wildman–Crippen MR) is 110 cm³/mol. The molecule has 4 heterocycles. The highest BCUT2D eigenvalue weighted by Crippen LogP contribution is 2.48. The van der Waals surface area contributed by atoms with Gasteiger partial charge in [0.1, 0.15) is 17.3 Å². The normalized spacial score (nSPS) is 17.9. The van der Waals surface area contributed by atoms with Gasteiger partial charge in [-0.15, -0.1) is 0 Å². The van der Waals surface area contributed by atoms with Crippen molar-refractivity contribution in [2.24, 2.45) is 7.05 Å². The molecule has 2 aliphatic rings. The van der Waals surface area contributed by atoms with Crippen molar-refractivity contribution in [1.29, 1.82) is 0 Å². The van der Waals surface area contributed by atoms with Gasteiger partial charge in [-0.3, -0.25) is 9.78 Å². The first kappa shape index (κ1) is 19.0. The minimum Gasteiger partial charge on any atom is -0.395 e. The molecule has 0 amide bonds. The van der Waals surface area contributed by atoms with E-state index in [1.807, 2.05) is 21.4 Å². The first-order valence-corrected chi connectivity index (χ1v) is 10.1. The summed E-state index contributed by atoms with van der Waals surface area (Å²) < 4.78 is 30.5. The minimum absolute atomic E-state index is 0.0817. The molecule has 158 valence electrons. The number of aryl methyl sites for hydroxylation is 1. The molecule has 0 unspecified atom stereocenters. The fourth-order valence-electron chi connectivity index (χ4n) is 5.02. The molecule has 0 bridgehead atoms. The summed E-state index contributed by atoms with van der Waals surface area (Å²) in [4.78, 5) is 23.8. The van der Waals surface area contributed by atoms with Crippen LogP contribution in [-0.4, -0.2) is 52.4 Å². The molecule has 7 nitrogen and oxygen atoms in total. The van der Waals surface area contributed by atoms with E-state index in [-0.39, 0.29) is 12.2 Å². The lowest BCUT2D eigenvalue weighted by molar-refractivity contribution is 0.293. The Hall–Kier alpha value is -2.94. The van der Waals surface area contributed by atoms with Crippen molar-refractivity contribution in [3.05, 3.63) is 51.9 Å². The zero-order chi connectivity index (χ0) is 21.0. The Morgan fingerprint density at radius 2 is 2.03 bits per heavy atom. The number of aliphatic hydroxyl groups excluding tert-OH is 1. The summed E-state index contributed by atoms with van der Waals surface area (Å²) in [5.41, 5.74) is 1.06. The highest BCUT2D eigenvalue weighted by molar-refractivity contribution is 5.76. The number of nitrogens with one attached hydrogen (secondary N) is 1. The third kappa shape index (κ3) is 2.79. The zero-order valence-corrected chi connectivity index (χ0v) is 16.7. The van der Waals surface area contributed by atoms with Crippen LogP contribution < -0.4 is 15.4 Å². The largest absolute Gasteiger partial charge is 0.395 e. The highest BCUT2D eigenvalue weighted by Gasteiger charge is 2.47. The van der Waals surface area contributed by atoms with Gasteiger partial charge < -0.3 is 19.5 Å². The molecule has 9 heteroatoms. The summed E-state index contributed by atoms with van der Waals surface area (Å²) in [5, 5.41) is 9.95. The Bertz CT molecular complexity index is 1180. The average Bonchev–Trinajstić information content (AvgIpc) is 3.22. The number of H-pyrrole nitrogens is 1. The fourth-order valence-corrected chi connectivity index (χ4v) is 5.02. The van der Waals surface area contributed by atoms with Crippen LogP contribution in [0.5, 0.6) is 0 Å². The van der Waals surface area contributed by atoms with Gasteiger partial charge in [0.2, 0.25) is 5.95 Å². The van der Waals surface area contributed by atoms with Gasteiger partial charge in [-0.25, -0.2) is 8.78 Å². The average molecular weight is 415 g/mol. The number of aromatic amines is 1. The summed E-state index contributed by atoms with van der Waals surface area (Å²) >= 11 is 0. The van der Waals surface area contributed by atoms with Gasteiger partial charge in [0, 0.05) is 62.2 Å². The summed E-state index contributed by atoms with van der Waals surface area (Å²) in [6.45, 7) is 1.96. The van der Waals surface area contributed by atoms with Gasteiger partial charge in [0.05, 0.1) is 12.0 Å². The van der Waals surface area contributed by atoms with Crippen LogP contribution in [0.1, 0.15) is 18.4 Å². The number of aliphatic hydroxyl groups is 1. The van der Waals surface area contributed by atoms with Crippen molar-refractivity contribution in [1.82, 2.24) is 14.5 Å². The Kier molecular flexibility index (Phi) is 4.32. The van der Waals surface area contributed by atoms with Gasteiger partial charge in [0.25, 0.3) is 5.56 Å². The van der Waals surface area contributed by atoms with Crippen molar-refractivity contribution < 1.29 is 13.9 Å². The van der Waals surface area contributed by atoms with Crippen LogP contribution in [0.3, 0.4) is 0 Å². The molecule has 1 saturated heterocycles. The molecular weight excluding hydrogens is 392 g/mol. The maximum Gasteiger partial charge on any atom is 0.261 e. The zero-order valence-electron chi connectivity index (χ0n) is 16.7. The fraction of sp³-hybridized carbons (Fsp3) is 0.429. The van der Waals surface area contributed by atoms with Crippen LogP contribution in [0.15, 0.2) is 29.2 Å². The number of halogens is 2. The Morgan fingerprint density at radius 3 is 2.77 bits per heavy atom. The Balaban J connectivity index is 1.46. The van der Waals surface area contributed by atoms with Gasteiger partial charge in [-0.1, -0.05) is 0 Å². The standard InChI is InChI=1S/C21H23F2N5O2/c1-26-5-2-14-18(26)24-20(25-19(14)30)27-6-3-21(4-7-27)12-28(8-9-29)16-11-13(22)10-15(23)17(16)21/h2,5,10-11,29H,3-4,6-9,12H2,1H3,(H,24,25,30). The van der Waals surface area contributed by atoms with E-state index in [0.717, 1.165) is 6.07 Å². The number of benzene rings is 1. The molecule has 2 N–H and O–H groups in total. The van der Waals surface area contributed by atoms with Crippen LogP contribution in [0, 0.1) is 11.6 Å². The summed E-state index contributed by atoms with van der Waals surface area (Å²) in [7, 11) is 1.84. The lowest BCUT2D eigenvalue weighted by atomic mass is 9.74. The van der Waals surface area contributed by atoms with Gasteiger partial charge in [0.15, 0.2) is 0 Å². The summed E-state index contributed by atoms with van der Waals surface area (Å²) in [6.07, 6.45) is 3.08. The van der Waals surface area contributed by atoms with E-state index in [2.05, 4.69) is 9.97 Å². The van der Waals surface area contributed by atoms with E-state index in [9.17, 15) is 18.7 Å². The molecule has 30 heavy (non-hydrogen) atoms. The number of hydrogen-bond acceptors (Lipinski definition) is 5. The SMILES string of the molecule is Cn1ccc2c(=O)[nH]c(N3CCC4(CC3)CN(CCO)c3cc(F)cc(F)c34)nc21. The third-order valence-corrected chi connectivity index (χ3v) is 6.51. The van der Waals surface area contributed by atoms with Gasteiger partial charge in [-0.2, -0.15) is 4.98 Å². The van der Waals surface area contributed by atoms with E-state index in [1.54, 1.807) is 12.3 Å². The molecule has 2 aromatic heterocycles. The van der Waals surface area contributed by atoms with Crippen molar-refractivity contribution in [3.8, 4) is 0 Å². The van der Waals surface area contributed by atoms with E-state index < -0.39 is 17.0 Å². The monoisotopic (exact) mass is 415 g/mol. The number of piperidine rings is 1. The molecule has 0 atom stereocenters. The van der Waals surface area contributed by atoms with E-state index in [1.165, 1.54) is 6.07 Å². The topological polar surface area (TPSA) is 77.4 Å². The van der Waals surface area contributed by atoms with Crippen molar-refractivity contribution in [2.75, 3.05) is 42.6 Å². The molecule has 1 aromatic carbocycles. The van der Waals surface area contributed by atoms with Crippen LogP contribution >= 0.6 is 0 Å². The number of fused-ring (bicyclic) bond motifs is 3. The lowest BCUT2D eigenvalue weighted by Gasteiger charge is -2.40. The number of aromatic nitrogens is 3. The van der Waals surface area contributed by atoms with Crippen molar-refractivity contribution >= 4 is 22.7 Å². The Labute approximate surface area is 171 Å². The van der Waals surface area contributed by atoms with Crippen LogP contribution in [0.25, 0.3) is 11.0 Å². The summed E-state index contributed by atoms with van der Waals surface area (Å²) in [6, 6.07) is 4.04. The summed E-state index contributed by atoms with van der Waals surface area (Å²) in [5.74, 6) is -0.633. The molecule has 5 rings (SSSR count). The van der Waals surface area contributed by atoms with Crippen LogP contribution in [0.4, 0.5) is 20.4 Å². The maximum absolute atomic E-state index is 14.8. The number of hydrogen-bond donors (Lipinski definition) is 2. The van der Waals surface area contributed by atoms with E-state index >= 15 is 0 Å². The first-order valence-electron chi connectivity index (χ1n) is 10.1. The Morgan fingerprint density at radius 1 is 1.27 bits per heavy atom. The van der Waals surface area contributed by atoms with Crippen LogP contribution in [0.2, 0.25) is 0 Å². The lowest BCUT2D eigenvalue weighted by Crippen LogP contribution is -2.46. The van der Waals surface area contributed by atoms with Crippen molar-refractivity contribution in [2.45, 2.75) is 18.3 Å². The number of β-amino-alcohol motifs (C(OH)–C–C–N with tert-alkyl or cyclic N) is 1. The maximum atomic E-state index is 14.8. The molecule has 3 aromatic rings. The molecular formula is C21H23F2N5O2. The molecule has 1 fully saturated rings. The highest BCUT2D eigenvalue weighted by atomic mass is 19.1. The first-order chi connectivity index (χ1) is 14.4. The molecule has 0 radical (unpaired) electrons. The second-order valence-electron chi connectivity index (χ2n) is 8.25. The van der Waals surface area contributed by atoms with Crippen LogP contribution in [-0.2, 0) is 12.5 Å². The molecule has 1 spiro atoms. The van der Waals surface area contributed by atoms with E-state index in [4.69, 9.17) is 0 Å². The minimum atomic E-state index is -0.610. The smallest absolute Gasteiger partial charge is 0.261 e. The number of rotatable bonds is 3. The second-order valence-corrected chi connectivity index (χ2v) is 8.25.